The van der Waals surface area contributed by atoms with E-state index < -0.39 is 34.1 Å². The zero-order valence-electron chi connectivity index (χ0n) is 18.3. The number of hydrogen-bond donors (Lipinski definition) is 4. The van der Waals surface area contributed by atoms with E-state index in [0.29, 0.717) is 37.1 Å². The van der Waals surface area contributed by atoms with Gasteiger partial charge in [0.25, 0.3) is 5.56 Å². The first-order chi connectivity index (χ1) is 15.6. The van der Waals surface area contributed by atoms with Crippen molar-refractivity contribution in [1.29, 1.82) is 0 Å². The van der Waals surface area contributed by atoms with E-state index in [-0.39, 0.29) is 17.3 Å². The Hall–Kier alpha value is -3.67. The van der Waals surface area contributed by atoms with Gasteiger partial charge in [-0.25, -0.2) is 13.4 Å². The lowest BCUT2D eigenvalue weighted by atomic mass is 10.1. The fourth-order valence-corrected chi connectivity index (χ4v) is 4.15. The normalized spacial score (nSPS) is 11.9. The lowest BCUT2D eigenvalue weighted by Crippen LogP contribution is -2.41. The Morgan fingerprint density at radius 1 is 1.30 bits per heavy atom. The quantitative estimate of drug-likeness (QED) is 0.231. The van der Waals surface area contributed by atoms with Crippen LogP contribution in [-0.4, -0.2) is 42.7 Å². The molecule has 1 aromatic carbocycles. The average Bonchev–Trinajstić information content (AvgIpc) is 2.75. The van der Waals surface area contributed by atoms with E-state index in [1.165, 1.54) is 6.92 Å². The molecule has 1 atom stereocenters. The number of aryl methyl sites for hydroxylation is 1. The standard InChI is InChI=1S/C21H28N6O5S/c1-15(22)23-10-6-9-18(13-28)25-20(29)12-27-16(2)24-11-19(21(27)30)26-33(31,32)14-17-7-4-3-5-8-17/h3-5,7-8,11,13,18,23,26H,1,6,9-10,12,14,22H2,2H3,(H,25,29). The second-order valence-corrected chi connectivity index (χ2v) is 9.08. The van der Waals surface area contributed by atoms with Gasteiger partial charge in [-0.1, -0.05) is 36.9 Å². The van der Waals surface area contributed by atoms with Crippen LogP contribution >= 0.6 is 0 Å². The zero-order chi connectivity index (χ0) is 24.4. The number of hydrogen-bond acceptors (Lipinski definition) is 8. The highest BCUT2D eigenvalue weighted by Crippen LogP contribution is 2.09. The molecular weight excluding hydrogens is 448 g/mol. The molecule has 0 aliphatic heterocycles. The number of nitrogens with one attached hydrogen (secondary N) is 3. The molecule has 1 heterocycles. The molecule has 178 valence electrons. The van der Waals surface area contributed by atoms with Gasteiger partial charge in [-0.05, 0) is 25.3 Å². The fourth-order valence-electron chi connectivity index (χ4n) is 2.97. The van der Waals surface area contributed by atoms with Crippen molar-refractivity contribution < 1.29 is 18.0 Å². The lowest BCUT2D eigenvalue weighted by molar-refractivity contribution is -0.124. The predicted molar refractivity (Wildman–Crippen MR) is 124 cm³/mol. The molecule has 2 aromatic rings. The summed E-state index contributed by atoms with van der Waals surface area (Å²) in [4.78, 5) is 40.5. The molecule has 0 saturated carbocycles. The maximum Gasteiger partial charge on any atom is 0.278 e. The monoisotopic (exact) mass is 476 g/mol. The SMILES string of the molecule is C=C(N)NCCCC(C=O)NC(=O)Cn1c(C)ncc(NS(=O)(=O)Cc2ccccc2)c1=O. The van der Waals surface area contributed by atoms with E-state index in [1.807, 2.05) is 0 Å². The number of anilines is 1. The van der Waals surface area contributed by atoms with Crippen LogP contribution in [0.2, 0.25) is 0 Å². The van der Waals surface area contributed by atoms with E-state index >= 15 is 0 Å². The second kappa shape index (κ2) is 11.8. The number of nitrogens with zero attached hydrogens (tertiary/aromatic N) is 2. The molecule has 1 aromatic heterocycles. The average molecular weight is 477 g/mol. The number of sulfonamides is 1. The minimum atomic E-state index is -3.88. The summed E-state index contributed by atoms with van der Waals surface area (Å²) in [5, 5.41) is 5.36. The van der Waals surface area contributed by atoms with Crippen LogP contribution in [0.15, 0.2) is 53.7 Å². The summed E-state index contributed by atoms with van der Waals surface area (Å²) in [5.41, 5.74) is 4.96. The highest BCUT2D eigenvalue weighted by molar-refractivity contribution is 7.91. The number of aldehydes is 1. The van der Waals surface area contributed by atoms with Crippen molar-refractivity contribution in [3.63, 3.8) is 0 Å². The number of amides is 1. The summed E-state index contributed by atoms with van der Waals surface area (Å²) >= 11 is 0. The van der Waals surface area contributed by atoms with Gasteiger partial charge in [-0.15, -0.1) is 0 Å². The van der Waals surface area contributed by atoms with Gasteiger partial charge in [-0.2, -0.15) is 0 Å². The summed E-state index contributed by atoms with van der Waals surface area (Å²) in [6.45, 7) is 5.08. The first kappa shape index (κ1) is 25.6. The lowest BCUT2D eigenvalue weighted by Gasteiger charge is -2.15. The number of carbonyl (C=O) groups is 2. The van der Waals surface area contributed by atoms with Gasteiger partial charge >= 0.3 is 0 Å². The minimum Gasteiger partial charge on any atom is -0.386 e. The molecule has 0 radical (unpaired) electrons. The largest absolute Gasteiger partial charge is 0.386 e. The van der Waals surface area contributed by atoms with Crippen LogP contribution < -0.4 is 26.6 Å². The third-order valence-electron chi connectivity index (χ3n) is 4.57. The van der Waals surface area contributed by atoms with Crippen LogP contribution in [0.25, 0.3) is 0 Å². The molecule has 0 fully saturated rings. The van der Waals surface area contributed by atoms with E-state index in [0.717, 1.165) is 10.8 Å². The van der Waals surface area contributed by atoms with Gasteiger partial charge in [-0.3, -0.25) is 18.9 Å². The highest BCUT2D eigenvalue weighted by atomic mass is 32.2. The summed E-state index contributed by atoms with van der Waals surface area (Å²) < 4.78 is 28.2. The Labute approximate surface area is 192 Å². The molecule has 12 heteroatoms. The number of rotatable bonds is 13. The number of benzene rings is 1. The fraction of sp³-hybridized carbons (Fsp3) is 0.333. The molecule has 1 amide bonds. The van der Waals surface area contributed by atoms with Crippen LogP contribution in [0, 0.1) is 6.92 Å². The predicted octanol–water partition coefficient (Wildman–Crippen LogP) is -0.0230. The van der Waals surface area contributed by atoms with Crippen LogP contribution in [0.5, 0.6) is 0 Å². The highest BCUT2D eigenvalue weighted by Gasteiger charge is 2.18. The second-order valence-electron chi connectivity index (χ2n) is 7.36. The van der Waals surface area contributed by atoms with Crippen LogP contribution in [0.3, 0.4) is 0 Å². The maximum absolute atomic E-state index is 12.8. The maximum atomic E-state index is 12.8. The van der Waals surface area contributed by atoms with Gasteiger partial charge in [0.15, 0.2) is 0 Å². The van der Waals surface area contributed by atoms with Crippen molar-refractivity contribution in [1.82, 2.24) is 20.2 Å². The third kappa shape index (κ3) is 8.41. The van der Waals surface area contributed by atoms with Crippen molar-refractivity contribution in [2.75, 3.05) is 11.3 Å². The minimum absolute atomic E-state index is 0.217. The molecule has 2 rings (SSSR count). The zero-order valence-corrected chi connectivity index (χ0v) is 19.1. The molecule has 5 N–H and O–H groups in total. The summed E-state index contributed by atoms with van der Waals surface area (Å²) in [6, 6.07) is 7.74. The number of nitrogens with two attached hydrogens (primary N) is 1. The number of carbonyl (C=O) groups excluding carboxylic acids is 2. The Bertz CT molecular complexity index is 1150. The van der Waals surface area contributed by atoms with E-state index in [2.05, 4.69) is 26.9 Å². The summed E-state index contributed by atoms with van der Waals surface area (Å²) in [5.74, 6) is -0.382. The molecule has 0 bridgehead atoms. The van der Waals surface area contributed by atoms with Crippen molar-refractivity contribution in [2.45, 2.75) is 38.1 Å². The third-order valence-corrected chi connectivity index (χ3v) is 5.81. The van der Waals surface area contributed by atoms with Gasteiger partial charge in [0.1, 0.15) is 24.3 Å². The van der Waals surface area contributed by atoms with E-state index in [4.69, 9.17) is 5.73 Å². The molecular formula is C21H28N6O5S. The first-order valence-electron chi connectivity index (χ1n) is 10.1. The molecule has 0 spiro atoms. The molecule has 0 saturated heterocycles. The van der Waals surface area contributed by atoms with Crippen LogP contribution in [0.4, 0.5) is 5.69 Å². The molecule has 0 aliphatic rings. The smallest absolute Gasteiger partial charge is 0.278 e. The van der Waals surface area contributed by atoms with Crippen LogP contribution in [-0.2, 0) is 31.9 Å². The van der Waals surface area contributed by atoms with Gasteiger partial charge < -0.3 is 21.2 Å². The van der Waals surface area contributed by atoms with Gasteiger partial charge in [0.05, 0.1) is 23.8 Å². The van der Waals surface area contributed by atoms with Crippen molar-refractivity contribution >= 4 is 27.9 Å². The van der Waals surface area contributed by atoms with Gasteiger partial charge in [0.2, 0.25) is 15.9 Å². The van der Waals surface area contributed by atoms with Crippen molar-refractivity contribution in [3.8, 4) is 0 Å². The van der Waals surface area contributed by atoms with E-state index in [9.17, 15) is 22.8 Å². The molecule has 0 aliphatic carbocycles. The Kier molecular flexibility index (Phi) is 9.16. The Morgan fingerprint density at radius 3 is 2.64 bits per heavy atom. The van der Waals surface area contributed by atoms with Crippen LogP contribution in [0.1, 0.15) is 24.2 Å². The van der Waals surface area contributed by atoms with E-state index in [1.54, 1.807) is 30.3 Å². The summed E-state index contributed by atoms with van der Waals surface area (Å²) in [7, 11) is -3.88. The van der Waals surface area contributed by atoms with Gasteiger partial charge in [0, 0.05) is 6.54 Å². The Morgan fingerprint density at radius 2 is 2.00 bits per heavy atom. The summed E-state index contributed by atoms with van der Waals surface area (Å²) in [6.07, 6.45) is 2.64. The molecule has 1 unspecified atom stereocenters. The first-order valence-corrected chi connectivity index (χ1v) is 11.8. The van der Waals surface area contributed by atoms with Crippen molar-refractivity contribution in [3.05, 3.63) is 70.7 Å². The topological polar surface area (TPSA) is 165 Å². The molecule has 33 heavy (non-hydrogen) atoms. The molecule has 11 nitrogen and oxygen atoms in total. The number of aromatic nitrogens is 2. The van der Waals surface area contributed by atoms with Crippen molar-refractivity contribution in [2.24, 2.45) is 5.73 Å². The Balaban J connectivity index is 2.06.